The van der Waals surface area contributed by atoms with Gasteiger partial charge in [0.25, 0.3) is 0 Å². The fraction of sp³-hybridized carbons (Fsp3) is 1.00. The summed E-state index contributed by atoms with van der Waals surface area (Å²) in [6.07, 6.45) is 0. The summed E-state index contributed by atoms with van der Waals surface area (Å²) in [5.41, 5.74) is 0. The molecular formula is C3H13ClN2. The summed E-state index contributed by atoms with van der Waals surface area (Å²) < 4.78 is 6.49. The van der Waals surface area contributed by atoms with Gasteiger partial charge >= 0.3 is 0 Å². The smallest absolute Gasteiger partial charge is 0.0391 e. The molecule has 0 heterocycles. The van der Waals surface area contributed by atoms with Gasteiger partial charge < -0.3 is 11.5 Å². The first-order chi connectivity index (χ1) is 2.41. The maximum Gasteiger partial charge on any atom is 0.0391 e. The highest BCUT2D eigenvalue weighted by atomic mass is 35.5. The molecule has 0 aliphatic heterocycles. The van der Waals surface area contributed by atoms with Crippen LogP contribution in [0.2, 0.25) is 0 Å². The molecular weight excluding hydrogens is 99.5 g/mol. The van der Waals surface area contributed by atoms with Crippen LogP contribution in [-0.4, -0.2) is 13.6 Å². The van der Waals surface area contributed by atoms with Crippen molar-refractivity contribution in [1.29, 1.82) is 0 Å². The minimum atomic E-state index is 0. The second-order valence-corrected chi connectivity index (χ2v) is 0.604. The first kappa shape index (κ1) is 9.51. The van der Waals surface area contributed by atoms with Crippen LogP contribution < -0.4 is 11.5 Å². The lowest BCUT2D eigenvalue weighted by Gasteiger charge is -1.76. The fourth-order valence-electron chi connectivity index (χ4n) is 0. The molecule has 0 aliphatic rings. The SMILES string of the molecule is Cl.N.[2H]CNCC. The zero-order valence-electron chi connectivity index (χ0n) is 5.03. The molecule has 6 heavy (non-hydrogen) atoms. The minimum Gasteiger partial charge on any atom is -0.344 e. The molecule has 0 aliphatic carbocycles. The predicted molar refractivity (Wildman–Crippen MR) is 31.9 cm³/mol. The molecule has 0 saturated heterocycles. The van der Waals surface area contributed by atoms with Gasteiger partial charge in [-0.1, -0.05) is 6.92 Å². The summed E-state index contributed by atoms with van der Waals surface area (Å²) in [6, 6.07) is 0. The molecule has 0 aromatic heterocycles. The normalized spacial score (nSPS) is 7.17. The molecule has 0 aromatic rings. The van der Waals surface area contributed by atoms with E-state index in [1.165, 1.54) is 0 Å². The van der Waals surface area contributed by atoms with Crippen molar-refractivity contribution in [2.75, 3.05) is 13.6 Å². The van der Waals surface area contributed by atoms with E-state index in [0.717, 1.165) is 6.54 Å². The Morgan fingerprint density at radius 2 is 2.33 bits per heavy atom. The van der Waals surface area contributed by atoms with Crippen molar-refractivity contribution in [1.82, 2.24) is 11.5 Å². The van der Waals surface area contributed by atoms with Crippen molar-refractivity contribution in [3.63, 3.8) is 0 Å². The van der Waals surface area contributed by atoms with E-state index in [9.17, 15) is 0 Å². The van der Waals surface area contributed by atoms with Crippen LogP contribution in [-0.2, 0) is 0 Å². The average Bonchev–Trinajstić information content (AvgIpc) is 1.41. The third-order valence-electron chi connectivity index (χ3n) is 0.250. The average molecular weight is 114 g/mol. The molecule has 0 spiro atoms. The van der Waals surface area contributed by atoms with E-state index in [0.29, 0.717) is 7.02 Å². The van der Waals surface area contributed by atoms with Gasteiger partial charge in [0.1, 0.15) is 0 Å². The highest BCUT2D eigenvalue weighted by Gasteiger charge is 1.50. The van der Waals surface area contributed by atoms with Crippen LogP contribution in [0.1, 0.15) is 8.29 Å². The van der Waals surface area contributed by atoms with E-state index in [4.69, 9.17) is 1.37 Å². The van der Waals surface area contributed by atoms with Crippen LogP contribution in [0.15, 0.2) is 0 Å². The zero-order valence-corrected chi connectivity index (χ0v) is 4.85. The van der Waals surface area contributed by atoms with E-state index in [2.05, 4.69) is 5.32 Å². The summed E-state index contributed by atoms with van der Waals surface area (Å²) in [6.45, 7) is 2.89. The number of halogens is 1. The van der Waals surface area contributed by atoms with Gasteiger partial charge in [0.05, 0.1) is 0 Å². The van der Waals surface area contributed by atoms with Gasteiger partial charge in [0.2, 0.25) is 0 Å². The lowest BCUT2D eigenvalue weighted by Crippen LogP contribution is -2.01. The maximum atomic E-state index is 6.49. The largest absolute Gasteiger partial charge is 0.344 e. The lowest BCUT2D eigenvalue weighted by molar-refractivity contribution is 0.864. The van der Waals surface area contributed by atoms with Gasteiger partial charge in [-0.15, -0.1) is 12.4 Å². The molecule has 0 amide bonds. The van der Waals surface area contributed by atoms with Crippen LogP contribution in [0.25, 0.3) is 0 Å². The molecule has 0 atom stereocenters. The van der Waals surface area contributed by atoms with Crippen LogP contribution in [0.5, 0.6) is 0 Å². The Labute approximate surface area is 46.7 Å². The molecule has 0 unspecified atom stereocenters. The van der Waals surface area contributed by atoms with Crippen LogP contribution in [0.4, 0.5) is 0 Å². The van der Waals surface area contributed by atoms with E-state index in [-0.39, 0.29) is 18.6 Å². The molecule has 0 saturated carbocycles. The molecule has 42 valence electrons. The fourth-order valence-corrected chi connectivity index (χ4v) is 0. The van der Waals surface area contributed by atoms with Crippen LogP contribution in [0.3, 0.4) is 0 Å². The second-order valence-electron chi connectivity index (χ2n) is 0.604. The van der Waals surface area contributed by atoms with Crippen molar-refractivity contribution in [2.24, 2.45) is 0 Å². The maximum absolute atomic E-state index is 6.49. The van der Waals surface area contributed by atoms with Crippen molar-refractivity contribution in [2.45, 2.75) is 6.92 Å². The molecule has 4 N–H and O–H groups in total. The summed E-state index contributed by atoms with van der Waals surface area (Å²) >= 11 is 0. The molecule has 3 heteroatoms. The highest BCUT2D eigenvalue weighted by molar-refractivity contribution is 5.85. The standard InChI is InChI=1S/C3H9N.ClH.H3N/c1-3-4-2;;/h4H,3H2,1-2H3;1H;1H3/i2D;;. The Morgan fingerprint density at radius 3 is 2.33 bits per heavy atom. The van der Waals surface area contributed by atoms with Gasteiger partial charge in [-0.2, -0.15) is 0 Å². The van der Waals surface area contributed by atoms with Gasteiger partial charge in [-0.3, -0.25) is 0 Å². The minimum absolute atomic E-state index is 0. The summed E-state index contributed by atoms with van der Waals surface area (Å²) in [7, 11) is 0.344. The summed E-state index contributed by atoms with van der Waals surface area (Å²) in [4.78, 5) is 0. The highest BCUT2D eigenvalue weighted by Crippen LogP contribution is 1.34. The van der Waals surface area contributed by atoms with Gasteiger partial charge in [0, 0.05) is 1.37 Å². The quantitative estimate of drug-likeness (QED) is 0.529. The third kappa shape index (κ3) is 29.6. The van der Waals surface area contributed by atoms with Crippen molar-refractivity contribution in [3.05, 3.63) is 0 Å². The topological polar surface area (TPSA) is 47.0 Å². The molecule has 0 aromatic carbocycles. The lowest BCUT2D eigenvalue weighted by atomic mass is 10.8. The van der Waals surface area contributed by atoms with Crippen molar-refractivity contribution >= 4 is 12.4 Å². The van der Waals surface area contributed by atoms with E-state index in [1.807, 2.05) is 6.92 Å². The van der Waals surface area contributed by atoms with E-state index in [1.54, 1.807) is 0 Å². The molecule has 0 fully saturated rings. The monoisotopic (exact) mass is 113 g/mol. The van der Waals surface area contributed by atoms with Crippen LogP contribution >= 0.6 is 12.4 Å². The molecule has 0 rings (SSSR count). The number of rotatable bonds is 1. The van der Waals surface area contributed by atoms with Gasteiger partial charge in [-0.05, 0) is 13.6 Å². The number of hydrogen-bond acceptors (Lipinski definition) is 2. The molecule has 0 bridgehead atoms. The Hall–Kier alpha value is 0.210. The Morgan fingerprint density at radius 1 is 1.83 bits per heavy atom. The van der Waals surface area contributed by atoms with E-state index >= 15 is 0 Å². The Balaban J connectivity index is -0.0000000800. The Bertz CT molecular complexity index is 20.4. The summed E-state index contributed by atoms with van der Waals surface area (Å²) in [5.74, 6) is 0. The van der Waals surface area contributed by atoms with Crippen molar-refractivity contribution in [3.8, 4) is 0 Å². The predicted octanol–water partition coefficient (Wildman–Crippen LogP) is 0.809. The Kier molecular flexibility index (Phi) is 30.0. The zero-order chi connectivity index (χ0) is 4.12. The second kappa shape index (κ2) is 18.9. The third-order valence-corrected chi connectivity index (χ3v) is 0.250. The van der Waals surface area contributed by atoms with E-state index < -0.39 is 0 Å². The summed E-state index contributed by atoms with van der Waals surface area (Å²) in [5, 5.41) is 2.78. The van der Waals surface area contributed by atoms with Crippen LogP contribution in [0, 0.1) is 0 Å². The first-order valence-electron chi connectivity index (χ1n) is 2.12. The molecule has 2 nitrogen and oxygen atoms in total. The van der Waals surface area contributed by atoms with Crippen molar-refractivity contribution < 1.29 is 1.37 Å². The first-order valence-corrected chi connectivity index (χ1v) is 1.41. The molecule has 0 radical (unpaired) electrons. The van der Waals surface area contributed by atoms with Gasteiger partial charge in [0.15, 0.2) is 0 Å². The number of hydrogen-bond donors (Lipinski definition) is 2. The number of nitrogens with one attached hydrogen (secondary N) is 1. The van der Waals surface area contributed by atoms with Gasteiger partial charge in [-0.25, -0.2) is 0 Å².